The number of piperazine rings is 1. The molecule has 0 spiro atoms. The molecule has 1 heterocycles. The Kier molecular flexibility index (Phi) is 5.22. The molecule has 2 unspecified atom stereocenters. The van der Waals surface area contributed by atoms with E-state index in [1.165, 1.54) is 0 Å². The monoisotopic (exact) mass is 318 g/mol. The summed E-state index contributed by atoms with van der Waals surface area (Å²) in [6.07, 6.45) is 0. The lowest BCUT2D eigenvalue weighted by atomic mass is 9.87. The van der Waals surface area contributed by atoms with E-state index in [1.54, 1.807) is 0 Å². The molecular weight excluding hydrogens is 297 g/mol. The molecule has 0 aliphatic carbocycles. The molecule has 21 heavy (non-hydrogen) atoms. The Hall–Kier alpha value is -0.720. The zero-order chi connectivity index (χ0) is 15.5. The van der Waals surface area contributed by atoms with Crippen LogP contribution < -0.4 is 5.32 Å². The first kappa shape index (κ1) is 16.6. The van der Waals surface area contributed by atoms with Crippen molar-refractivity contribution in [3.05, 3.63) is 35.9 Å². The van der Waals surface area contributed by atoms with Crippen LogP contribution in [0.5, 0.6) is 0 Å². The van der Waals surface area contributed by atoms with Gasteiger partial charge in [0, 0.05) is 31.4 Å². The molecule has 1 aliphatic heterocycles. The maximum atomic E-state index is 12.3. The Morgan fingerprint density at radius 2 is 2.00 bits per heavy atom. The number of nitrogens with one attached hydrogen (secondary N) is 1. The highest BCUT2D eigenvalue weighted by molar-refractivity contribution is 8.00. The lowest BCUT2D eigenvalue weighted by Gasteiger charge is -2.48. The van der Waals surface area contributed by atoms with Crippen LogP contribution in [0, 0.1) is 0 Å². The molecule has 0 saturated carbocycles. The highest BCUT2D eigenvalue weighted by atomic mass is 32.2. The molecule has 1 saturated heterocycles. The molecule has 0 amide bonds. The Morgan fingerprint density at radius 1 is 1.33 bits per heavy atom. The van der Waals surface area contributed by atoms with Gasteiger partial charge in [-0.3, -0.25) is 4.90 Å². The summed E-state index contributed by atoms with van der Waals surface area (Å²) in [5.41, 5.74) is -3.27. The quantitative estimate of drug-likeness (QED) is 0.915. The Balaban J connectivity index is 2.10. The summed E-state index contributed by atoms with van der Waals surface area (Å²) in [6.45, 7) is 6.09. The number of thioether (sulfide) groups is 1. The highest BCUT2D eigenvalue weighted by Crippen LogP contribution is 2.33. The van der Waals surface area contributed by atoms with Crippen LogP contribution in [0.1, 0.15) is 19.4 Å². The molecule has 0 aromatic heterocycles. The minimum Gasteiger partial charge on any atom is -0.311 e. The molecule has 1 N–H and O–H groups in total. The number of nitrogens with zero attached hydrogens (tertiary/aromatic N) is 1. The zero-order valence-corrected chi connectivity index (χ0v) is 13.1. The maximum absolute atomic E-state index is 12.3. The molecular formula is C15H21F3N2S. The minimum absolute atomic E-state index is 0.0623. The predicted octanol–water partition coefficient (Wildman–Crippen LogP) is 3.45. The molecule has 1 aromatic rings. The van der Waals surface area contributed by atoms with Crippen molar-refractivity contribution >= 4 is 11.8 Å². The molecule has 0 bridgehead atoms. The van der Waals surface area contributed by atoms with Crippen molar-refractivity contribution in [3.63, 3.8) is 0 Å². The molecule has 2 rings (SSSR count). The predicted molar refractivity (Wildman–Crippen MR) is 81.3 cm³/mol. The SMILES string of the molecule is CC1CN(CCSC(F)(F)F)C(C)(c2ccccc2)CN1. The van der Waals surface area contributed by atoms with Crippen LogP contribution in [0.4, 0.5) is 13.2 Å². The molecule has 1 aromatic carbocycles. The number of benzene rings is 1. The third-order valence-electron chi connectivity index (χ3n) is 4.01. The van der Waals surface area contributed by atoms with Gasteiger partial charge in [0.05, 0.1) is 5.54 Å². The first-order chi connectivity index (χ1) is 9.81. The first-order valence-corrected chi connectivity index (χ1v) is 8.04. The Labute approximate surface area is 128 Å². The molecule has 2 atom stereocenters. The largest absolute Gasteiger partial charge is 0.441 e. The second-order valence-electron chi connectivity index (χ2n) is 5.66. The minimum atomic E-state index is -4.15. The van der Waals surface area contributed by atoms with Crippen molar-refractivity contribution in [1.29, 1.82) is 0 Å². The van der Waals surface area contributed by atoms with Gasteiger partial charge in [0.25, 0.3) is 0 Å². The van der Waals surface area contributed by atoms with Crippen LogP contribution in [-0.2, 0) is 5.54 Å². The van der Waals surface area contributed by atoms with Gasteiger partial charge in [-0.1, -0.05) is 30.3 Å². The highest BCUT2D eigenvalue weighted by Gasteiger charge is 2.38. The number of hydrogen-bond donors (Lipinski definition) is 1. The van der Waals surface area contributed by atoms with E-state index in [9.17, 15) is 13.2 Å². The Bertz CT molecular complexity index is 452. The van der Waals surface area contributed by atoms with Gasteiger partial charge in [0.1, 0.15) is 0 Å². The van der Waals surface area contributed by atoms with Crippen molar-refractivity contribution in [2.24, 2.45) is 0 Å². The zero-order valence-electron chi connectivity index (χ0n) is 12.3. The summed E-state index contributed by atoms with van der Waals surface area (Å²) in [7, 11) is 0. The maximum Gasteiger partial charge on any atom is 0.441 e. The Morgan fingerprint density at radius 3 is 2.62 bits per heavy atom. The van der Waals surface area contributed by atoms with Gasteiger partial charge in [-0.2, -0.15) is 13.2 Å². The van der Waals surface area contributed by atoms with Crippen LogP contribution in [0.2, 0.25) is 0 Å². The van der Waals surface area contributed by atoms with Gasteiger partial charge in [0.15, 0.2) is 0 Å². The lowest BCUT2D eigenvalue weighted by molar-refractivity contribution is -0.0331. The van der Waals surface area contributed by atoms with E-state index in [2.05, 4.69) is 24.1 Å². The van der Waals surface area contributed by atoms with Crippen LogP contribution in [-0.4, -0.2) is 41.8 Å². The van der Waals surface area contributed by atoms with E-state index in [0.717, 1.165) is 18.7 Å². The smallest absolute Gasteiger partial charge is 0.311 e. The van der Waals surface area contributed by atoms with Crippen LogP contribution >= 0.6 is 11.8 Å². The van der Waals surface area contributed by atoms with Crippen molar-refractivity contribution in [1.82, 2.24) is 10.2 Å². The van der Waals surface area contributed by atoms with Crippen molar-refractivity contribution in [2.75, 3.05) is 25.4 Å². The van der Waals surface area contributed by atoms with Crippen molar-refractivity contribution < 1.29 is 13.2 Å². The van der Waals surface area contributed by atoms with E-state index < -0.39 is 5.51 Å². The van der Waals surface area contributed by atoms with Crippen molar-refractivity contribution in [3.8, 4) is 0 Å². The van der Waals surface area contributed by atoms with E-state index in [-0.39, 0.29) is 29.1 Å². The number of alkyl halides is 3. The normalized spacial score (nSPS) is 27.8. The van der Waals surface area contributed by atoms with Crippen LogP contribution in [0.3, 0.4) is 0 Å². The van der Waals surface area contributed by atoms with E-state index in [0.29, 0.717) is 6.54 Å². The van der Waals surface area contributed by atoms with Gasteiger partial charge >= 0.3 is 5.51 Å². The topological polar surface area (TPSA) is 15.3 Å². The fourth-order valence-corrected chi connectivity index (χ4v) is 3.32. The van der Waals surface area contributed by atoms with Gasteiger partial charge in [0.2, 0.25) is 0 Å². The standard InChI is InChI=1S/C15H21F3N2S/c1-12-10-20(8-9-21-15(16,17)18)14(2,11-19-12)13-6-4-3-5-7-13/h3-7,12,19H,8-11H2,1-2H3. The first-order valence-electron chi connectivity index (χ1n) is 7.06. The number of hydrogen-bond acceptors (Lipinski definition) is 3. The van der Waals surface area contributed by atoms with Gasteiger partial charge in [-0.25, -0.2) is 0 Å². The molecule has 6 heteroatoms. The third kappa shape index (κ3) is 4.37. The van der Waals surface area contributed by atoms with Crippen LogP contribution in [0.25, 0.3) is 0 Å². The van der Waals surface area contributed by atoms with Gasteiger partial charge < -0.3 is 5.32 Å². The number of halogens is 3. The third-order valence-corrected chi connectivity index (χ3v) is 4.72. The molecule has 118 valence electrons. The van der Waals surface area contributed by atoms with Crippen LogP contribution in [0.15, 0.2) is 30.3 Å². The van der Waals surface area contributed by atoms with Crippen molar-refractivity contribution in [2.45, 2.75) is 30.9 Å². The molecule has 1 fully saturated rings. The van der Waals surface area contributed by atoms with Gasteiger partial charge in [-0.15, -0.1) is 0 Å². The average Bonchev–Trinajstić information content (AvgIpc) is 2.42. The number of rotatable bonds is 4. The second-order valence-corrected chi connectivity index (χ2v) is 6.82. The molecule has 1 aliphatic rings. The summed E-state index contributed by atoms with van der Waals surface area (Å²) >= 11 is 0.0623. The lowest BCUT2D eigenvalue weighted by Crippen LogP contribution is -2.61. The average molecular weight is 318 g/mol. The summed E-state index contributed by atoms with van der Waals surface area (Å²) in [4.78, 5) is 2.17. The molecule has 0 radical (unpaired) electrons. The van der Waals surface area contributed by atoms with Gasteiger partial charge in [-0.05, 0) is 31.2 Å². The summed E-state index contributed by atoms with van der Waals surface area (Å²) < 4.78 is 37.0. The van der Waals surface area contributed by atoms with E-state index in [1.807, 2.05) is 30.3 Å². The van der Waals surface area contributed by atoms with E-state index >= 15 is 0 Å². The second kappa shape index (κ2) is 6.58. The summed E-state index contributed by atoms with van der Waals surface area (Å²) in [6, 6.07) is 10.3. The summed E-state index contributed by atoms with van der Waals surface area (Å²) in [5, 5.41) is 3.44. The fourth-order valence-electron chi connectivity index (χ4n) is 2.77. The fraction of sp³-hybridized carbons (Fsp3) is 0.600. The summed E-state index contributed by atoms with van der Waals surface area (Å²) in [5.74, 6) is 0.0681. The molecule has 2 nitrogen and oxygen atoms in total. The van der Waals surface area contributed by atoms with E-state index in [4.69, 9.17) is 0 Å².